The Morgan fingerprint density at radius 3 is 1.59 bits per heavy atom. The molecule has 0 radical (unpaired) electrons. The Labute approximate surface area is 292 Å². The highest BCUT2D eigenvalue weighted by molar-refractivity contribution is 5.73. The van der Waals surface area contributed by atoms with Gasteiger partial charge in [0.25, 0.3) is 0 Å². The first kappa shape index (κ1) is 41.6. The van der Waals surface area contributed by atoms with Crippen molar-refractivity contribution in [1.82, 2.24) is 5.32 Å². The van der Waals surface area contributed by atoms with Crippen LogP contribution in [0.3, 0.4) is 0 Å². The first-order chi connectivity index (χ1) is 23.8. The first-order valence-corrected chi connectivity index (χ1v) is 16.4. The molecule has 0 saturated carbocycles. The van der Waals surface area contributed by atoms with E-state index in [1.165, 1.54) is 20.8 Å². The summed E-state index contributed by atoms with van der Waals surface area (Å²) >= 11 is 0. The Hall–Kier alpha value is -2.19. The fourth-order valence-corrected chi connectivity index (χ4v) is 6.25. The smallest absolute Gasteiger partial charge is 0.303 e. The summed E-state index contributed by atoms with van der Waals surface area (Å²) in [4.78, 5) is 35.0. The maximum absolute atomic E-state index is 12.0. The van der Waals surface area contributed by atoms with E-state index in [2.05, 4.69) is 5.32 Å². The van der Waals surface area contributed by atoms with E-state index in [4.69, 9.17) is 42.6 Å². The van der Waals surface area contributed by atoms with Crippen molar-refractivity contribution >= 4 is 17.8 Å². The van der Waals surface area contributed by atoms with E-state index < -0.39 is 147 Å². The van der Waals surface area contributed by atoms with Gasteiger partial charge >= 0.3 is 11.9 Å². The quantitative estimate of drug-likeness (QED) is 0.0943. The van der Waals surface area contributed by atoms with Gasteiger partial charge in [-0.15, -0.1) is 0 Å². The highest BCUT2D eigenvalue weighted by Gasteiger charge is 2.55. The summed E-state index contributed by atoms with van der Waals surface area (Å²) in [5, 5.41) is 89.7. The lowest BCUT2D eigenvalue weighted by atomic mass is 9.95. The number of ether oxygens (including phenoxy) is 9. The molecule has 0 aromatic rings. The summed E-state index contributed by atoms with van der Waals surface area (Å²) in [6.45, 7) is 6.96. The van der Waals surface area contributed by atoms with Crippen molar-refractivity contribution in [2.75, 3.05) is 6.61 Å². The second kappa shape index (κ2) is 17.3. The molecular weight excluding hydrogens is 694 g/mol. The van der Waals surface area contributed by atoms with Crippen LogP contribution in [-0.4, -0.2) is 188 Å². The lowest BCUT2D eigenvalue weighted by Gasteiger charge is -2.49. The molecule has 4 fully saturated rings. The number of amides is 1. The minimum atomic E-state index is -1.92. The van der Waals surface area contributed by atoms with Crippen LogP contribution in [0.4, 0.5) is 0 Å². The molecule has 4 heterocycles. The number of aliphatic hydroxyl groups is 8. The zero-order valence-corrected chi connectivity index (χ0v) is 28.7. The molecule has 51 heavy (non-hydrogen) atoms. The lowest BCUT2D eigenvalue weighted by Crippen LogP contribution is -2.68. The van der Waals surface area contributed by atoms with Crippen LogP contribution in [0.2, 0.25) is 0 Å². The maximum Gasteiger partial charge on any atom is 0.303 e. The molecule has 21 nitrogen and oxygen atoms in total. The molecule has 4 saturated heterocycles. The number of rotatable bonds is 10. The van der Waals surface area contributed by atoms with E-state index in [0.717, 1.165) is 20.8 Å². The molecular formula is C30H49NO20. The van der Waals surface area contributed by atoms with Gasteiger partial charge in [-0.05, 0) is 20.8 Å². The standard InChI is InChI=1S/C30H49NO20/c1-8-16(35)20(39)26(51-29-21(40)24(47-13(6)34)17(36)9(2)45-29)30(46-8)50-25-18(37)10(3)44-28(22(25)41)49-23-15(31-11(4)32)27(42)48-14(19(23)38)7-43-12(5)33/h8-10,14-30,35-42H,7H2,1-6H3,(H,31,32)/t8-,9-,10-,14+,15+,16-,17-,18-,19+,20+,21+,22+,23+,24+,25+,26+,27+,28-,29-,30-/m0/s1. The van der Waals surface area contributed by atoms with Crippen LogP contribution >= 0.6 is 0 Å². The van der Waals surface area contributed by atoms with Crippen molar-refractivity contribution in [2.45, 2.75) is 164 Å². The molecule has 0 bridgehead atoms. The van der Waals surface area contributed by atoms with Crippen LogP contribution in [-0.2, 0) is 57.0 Å². The zero-order chi connectivity index (χ0) is 38.1. The molecule has 0 spiro atoms. The lowest BCUT2D eigenvalue weighted by molar-refractivity contribution is -0.389. The predicted octanol–water partition coefficient (Wildman–Crippen LogP) is -5.38. The van der Waals surface area contributed by atoms with Gasteiger partial charge in [0.15, 0.2) is 31.3 Å². The Bertz CT molecular complexity index is 1200. The van der Waals surface area contributed by atoms with Crippen LogP contribution in [0.25, 0.3) is 0 Å². The molecule has 294 valence electrons. The van der Waals surface area contributed by atoms with Gasteiger partial charge in [0.2, 0.25) is 5.91 Å². The Kier molecular flexibility index (Phi) is 14.1. The van der Waals surface area contributed by atoms with Gasteiger partial charge in [0, 0.05) is 20.8 Å². The van der Waals surface area contributed by atoms with Crippen molar-refractivity contribution in [3.8, 4) is 0 Å². The topological polar surface area (TPSA) is 308 Å². The highest BCUT2D eigenvalue weighted by atomic mass is 16.8. The number of esters is 2. The third kappa shape index (κ3) is 9.49. The number of hydrogen-bond donors (Lipinski definition) is 9. The molecule has 0 aromatic carbocycles. The average molecular weight is 744 g/mol. The molecule has 4 rings (SSSR count). The molecule has 0 unspecified atom stereocenters. The number of hydrogen-bond acceptors (Lipinski definition) is 20. The largest absolute Gasteiger partial charge is 0.463 e. The second-order valence-corrected chi connectivity index (χ2v) is 13.0. The van der Waals surface area contributed by atoms with Crippen LogP contribution < -0.4 is 5.32 Å². The normalized spacial score (nSPS) is 47.6. The molecule has 0 aromatic heterocycles. The third-order valence-corrected chi connectivity index (χ3v) is 9.04. The van der Waals surface area contributed by atoms with Gasteiger partial charge in [-0.2, -0.15) is 0 Å². The number of nitrogens with one attached hydrogen (secondary N) is 1. The van der Waals surface area contributed by atoms with Gasteiger partial charge < -0.3 is 88.8 Å². The number of carbonyl (C=O) groups is 3. The highest BCUT2D eigenvalue weighted by Crippen LogP contribution is 2.35. The van der Waals surface area contributed by atoms with Gasteiger partial charge in [-0.1, -0.05) is 0 Å². The summed E-state index contributed by atoms with van der Waals surface area (Å²) < 4.78 is 50.0. The van der Waals surface area contributed by atoms with Crippen LogP contribution in [0.15, 0.2) is 0 Å². The number of carbonyl (C=O) groups excluding carboxylic acids is 3. The monoisotopic (exact) mass is 743 g/mol. The Morgan fingerprint density at radius 1 is 0.549 bits per heavy atom. The van der Waals surface area contributed by atoms with E-state index in [0.29, 0.717) is 0 Å². The van der Waals surface area contributed by atoms with Gasteiger partial charge in [0.05, 0.1) is 18.3 Å². The van der Waals surface area contributed by atoms with E-state index in [1.807, 2.05) is 0 Å². The molecule has 0 aliphatic carbocycles. The molecule has 9 N–H and O–H groups in total. The van der Waals surface area contributed by atoms with Crippen LogP contribution in [0.1, 0.15) is 41.5 Å². The Morgan fingerprint density at radius 2 is 1.04 bits per heavy atom. The average Bonchev–Trinajstić information content (AvgIpc) is 3.05. The molecule has 20 atom stereocenters. The van der Waals surface area contributed by atoms with Gasteiger partial charge in [-0.25, -0.2) is 0 Å². The minimum absolute atomic E-state index is 0.513. The zero-order valence-electron chi connectivity index (χ0n) is 28.7. The summed E-state index contributed by atoms with van der Waals surface area (Å²) in [6.07, 6.45) is -29.9. The van der Waals surface area contributed by atoms with E-state index in [9.17, 15) is 55.2 Å². The van der Waals surface area contributed by atoms with Crippen LogP contribution in [0, 0.1) is 0 Å². The van der Waals surface area contributed by atoms with Gasteiger partial charge in [0.1, 0.15) is 79.8 Å². The molecule has 21 heteroatoms. The Balaban J connectivity index is 1.57. The van der Waals surface area contributed by atoms with Crippen molar-refractivity contribution in [1.29, 1.82) is 0 Å². The fourth-order valence-electron chi connectivity index (χ4n) is 6.25. The molecule has 4 aliphatic heterocycles. The van der Waals surface area contributed by atoms with Gasteiger partial charge in [-0.3, -0.25) is 14.4 Å². The fraction of sp³-hybridized carbons (Fsp3) is 0.900. The second-order valence-electron chi connectivity index (χ2n) is 13.0. The van der Waals surface area contributed by atoms with Crippen molar-refractivity contribution in [3.63, 3.8) is 0 Å². The predicted molar refractivity (Wildman–Crippen MR) is 160 cm³/mol. The SMILES string of the molecule is CC(=O)N[C@@H]1[C@@H](O[C@@H]2O[C@@H](C)[C@H](O)[C@@H](O[C@@H]3O[C@@H](C)[C@H](O)[C@@H](O)[C@H]3O[C@@H]3O[C@@H](C)[C@H](O)[C@@H](OC(C)=O)[C@H]3O)[C@H]2O)[C@H](O)[C@@H](COC(C)=O)O[C@H]1O. The summed E-state index contributed by atoms with van der Waals surface area (Å²) in [5.74, 6) is -2.19. The summed E-state index contributed by atoms with van der Waals surface area (Å²) in [7, 11) is 0. The van der Waals surface area contributed by atoms with E-state index in [1.54, 1.807) is 0 Å². The minimum Gasteiger partial charge on any atom is -0.463 e. The van der Waals surface area contributed by atoms with Crippen molar-refractivity contribution < 1.29 is 97.9 Å². The van der Waals surface area contributed by atoms with Crippen molar-refractivity contribution in [2.24, 2.45) is 0 Å². The maximum atomic E-state index is 12.0. The summed E-state index contributed by atoms with van der Waals surface area (Å²) in [5.41, 5.74) is 0. The third-order valence-electron chi connectivity index (χ3n) is 9.04. The molecule has 4 aliphatic rings. The van der Waals surface area contributed by atoms with Crippen molar-refractivity contribution in [3.05, 3.63) is 0 Å². The summed E-state index contributed by atoms with van der Waals surface area (Å²) in [6, 6.07) is -1.43. The van der Waals surface area contributed by atoms with E-state index >= 15 is 0 Å². The molecule has 1 amide bonds. The number of aliphatic hydroxyl groups excluding tert-OH is 8. The van der Waals surface area contributed by atoms with E-state index in [-0.39, 0.29) is 0 Å². The first-order valence-electron chi connectivity index (χ1n) is 16.4. The van der Waals surface area contributed by atoms with Crippen LogP contribution in [0.5, 0.6) is 0 Å².